The third kappa shape index (κ3) is 3.64. The molecule has 5 nitrogen and oxygen atoms in total. The molecule has 0 spiro atoms. The van der Waals surface area contributed by atoms with E-state index in [1.807, 2.05) is 0 Å². The highest BCUT2D eigenvalue weighted by molar-refractivity contribution is 5.96. The molecule has 3 fully saturated rings. The van der Waals surface area contributed by atoms with Crippen molar-refractivity contribution in [2.24, 2.45) is 46.2 Å². The highest BCUT2D eigenvalue weighted by atomic mass is 16.4. The van der Waals surface area contributed by atoms with Gasteiger partial charge in [0.15, 0.2) is 5.78 Å². The number of fused-ring (bicyclic) bond motifs is 5. The molecule has 4 aliphatic rings. The van der Waals surface area contributed by atoms with Crippen molar-refractivity contribution in [2.45, 2.75) is 79.1 Å². The maximum atomic E-state index is 12.1. The average molecular weight is 406 g/mol. The van der Waals surface area contributed by atoms with Crippen molar-refractivity contribution in [2.75, 3.05) is 6.61 Å². The first-order chi connectivity index (χ1) is 13.6. The summed E-state index contributed by atoms with van der Waals surface area (Å²) in [5.41, 5.74) is 8.72. The molecule has 29 heavy (non-hydrogen) atoms. The van der Waals surface area contributed by atoms with Crippen molar-refractivity contribution >= 4 is 11.8 Å². The largest absolute Gasteiger partial charge is 0.481 e. The maximum absolute atomic E-state index is 12.1. The number of allylic oxidation sites excluding steroid dienone is 1. The van der Waals surface area contributed by atoms with Gasteiger partial charge in [-0.25, -0.2) is 0 Å². The van der Waals surface area contributed by atoms with Crippen LogP contribution in [0.25, 0.3) is 0 Å². The average Bonchev–Trinajstić information content (AvgIpc) is 3.01. The summed E-state index contributed by atoms with van der Waals surface area (Å²) < 4.78 is 0. The first-order valence-electron chi connectivity index (χ1n) is 11.4. The number of hydrogen-bond acceptors (Lipinski definition) is 4. The minimum atomic E-state index is -0.833. The Morgan fingerprint density at radius 3 is 2.41 bits per heavy atom. The van der Waals surface area contributed by atoms with E-state index in [1.54, 1.807) is 0 Å². The number of carbonyl (C=O) groups is 2. The summed E-state index contributed by atoms with van der Waals surface area (Å²) in [6.45, 7) is 8.57. The molecule has 0 unspecified atom stereocenters. The highest BCUT2D eigenvalue weighted by Gasteiger charge is 2.59. The van der Waals surface area contributed by atoms with Gasteiger partial charge in [-0.2, -0.15) is 0 Å². The number of carbonyl (C=O) groups excluding carboxylic acids is 1. The molecule has 0 heterocycles. The lowest BCUT2D eigenvalue weighted by atomic mass is 9.46. The van der Waals surface area contributed by atoms with Crippen LogP contribution in [0.15, 0.2) is 11.3 Å². The molecule has 0 aromatic carbocycles. The first kappa shape index (κ1) is 22.3. The predicted octanol–water partition coefficient (Wildman–Crippen LogP) is 4.14. The van der Waals surface area contributed by atoms with Gasteiger partial charge in [-0.1, -0.05) is 20.8 Å². The van der Waals surface area contributed by atoms with Crippen LogP contribution in [0.3, 0.4) is 0 Å². The van der Waals surface area contributed by atoms with Crippen LogP contribution in [0, 0.1) is 40.4 Å². The van der Waals surface area contributed by atoms with E-state index in [9.17, 15) is 9.90 Å². The molecule has 0 amide bonds. The van der Waals surface area contributed by atoms with Gasteiger partial charge in [0.2, 0.25) is 0 Å². The summed E-state index contributed by atoms with van der Waals surface area (Å²) >= 11 is 0. The standard InChI is InChI=1S/C22H35NO2.C2H4O2/c1-13(12-24)15-6-7-16-14-4-5-18-20(23)19(25)9-11-22(18,3)17(14)8-10-21(15,16)2;1-2(3)4/h13-17,24H,4-12,23H2,1-3H3;1H3,(H,3,4)/t13-,14+,15-,16+,17+,21-,22-;/m1./s1. The number of aliphatic hydroxyl groups is 1. The number of hydrogen-bond donors (Lipinski definition) is 3. The van der Waals surface area contributed by atoms with E-state index in [0.29, 0.717) is 41.9 Å². The molecule has 4 rings (SSSR count). The van der Waals surface area contributed by atoms with E-state index in [1.165, 1.54) is 37.7 Å². The van der Waals surface area contributed by atoms with Crippen molar-refractivity contribution < 1.29 is 19.8 Å². The molecule has 4 aliphatic carbocycles. The number of nitrogens with two attached hydrogens (primary N) is 1. The molecular formula is C24H39NO4. The van der Waals surface area contributed by atoms with Gasteiger partial charge in [0, 0.05) is 20.0 Å². The van der Waals surface area contributed by atoms with Crippen LogP contribution in [-0.4, -0.2) is 28.6 Å². The molecule has 5 heteroatoms. The number of ketones is 1. The summed E-state index contributed by atoms with van der Waals surface area (Å²) in [5, 5.41) is 17.1. The Morgan fingerprint density at radius 2 is 1.79 bits per heavy atom. The molecule has 0 bridgehead atoms. The predicted molar refractivity (Wildman–Crippen MR) is 113 cm³/mol. The minimum absolute atomic E-state index is 0.156. The van der Waals surface area contributed by atoms with Crippen molar-refractivity contribution in [3.63, 3.8) is 0 Å². The highest BCUT2D eigenvalue weighted by Crippen LogP contribution is 2.67. The second kappa shape index (κ2) is 8.05. The fraction of sp³-hybridized carbons (Fsp3) is 0.833. The molecule has 0 aromatic rings. The van der Waals surface area contributed by atoms with E-state index in [0.717, 1.165) is 31.6 Å². The minimum Gasteiger partial charge on any atom is -0.481 e. The topological polar surface area (TPSA) is 101 Å². The number of carboxylic acids is 1. The smallest absolute Gasteiger partial charge is 0.300 e. The second-order valence-electron chi connectivity index (χ2n) is 10.6. The molecule has 0 aliphatic heterocycles. The number of carboxylic acid groups (broad SMARTS) is 1. The van der Waals surface area contributed by atoms with Crippen LogP contribution in [0.5, 0.6) is 0 Å². The molecule has 0 aromatic heterocycles. The SMILES string of the molecule is CC(=O)O.C[C@H](CO)[C@H]1CC[C@H]2[C@@H]3CCC4=C(N)C(=O)CC[C@]4(C)[C@H]3CC[C@]12C. The number of aliphatic hydroxyl groups excluding tert-OH is 1. The van der Waals surface area contributed by atoms with Crippen molar-refractivity contribution in [1.29, 1.82) is 0 Å². The van der Waals surface area contributed by atoms with E-state index in [4.69, 9.17) is 15.6 Å². The molecule has 0 radical (unpaired) electrons. The third-order valence-electron chi connectivity index (χ3n) is 9.22. The van der Waals surface area contributed by atoms with E-state index >= 15 is 0 Å². The monoisotopic (exact) mass is 405 g/mol. The second-order valence-corrected chi connectivity index (χ2v) is 10.6. The molecule has 4 N–H and O–H groups in total. The third-order valence-corrected chi connectivity index (χ3v) is 9.22. The Hall–Kier alpha value is -1.36. The van der Waals surface area contributed by atoms with Gasteiger partial charge in [0.05, 0.1) is 5.70 Å². The quantitative estimate of drug-likeness (QED) is 0.641. The fourth-order valence-electron chi connectivity index (χ4n) is 7.86. The van der Waals surface area contributed by atoms with E-state index in [2.05, 4.69) is 20.8 Å². The van der Waals surface area contributed by atoms with Gasteiger partial charge >= 0.3 is 0 Å². The first-order valence-corrected chi connectivity index (χ1v) is 11.4. The van der Waals surface area contributed by atoms with Crippen LogP contribution in [0.1, 0.15) is 79.1 Å². The normalized spacial score (nSPS) is 42.2. The fourth-order valence-corrected chi connectivity index (χ4v) is 7.86. The van der Waals surface area contributed by atoms with Gasteiger partial charge in [0.25, 0.3) is 5.97 Å². The summed E-state index contributed by atoms with van der Waals surface area (Å²) in [5.74, 6) is 2.72. The maximum Gasteiger partial charge on any atom is 0.300 e. The Morgan fingerprint density at radius 1 is 1.14 bits per heavy atom. The van der Waals surface area contributed by atoms with Crippen LogP contribution < -0.4 is 5.73 Å². The van der Waals surface area contributed by atoms with Crippen LogP contribution >= 0.6 is 0 Å². The lowest BCUT2D eigenvalue weighted by Gasteiger charge is -2.58. The van der Waals surface area contributed by atoms with Crippen molar-refractivity contribution in [3.8, 4) is 0 Å². The van der Waals surface area contributed by atoms with Gasteiger partial charge in [-0.05, 0) is 90.9 Å². The van der Waals surface area contributed by atoms with E-state index in [-0.39, 0.29) is 11.2 Å². The Balaban J connectivity index is 0.000000552. The molecule has 164 valence electrons. The van der Waals surface area contributed by atoms with Crippen molar-refractivity contribution in [3.05, 3.63) is 11.3 Å². The van der Waals surface area contributed by atoms with E-state index < -0.39 is 5.97 Å². The van der Waals surface area contributed by atoms with Gasteiger partial charge in [-0.15, -0.1) is 0 Å². The van der Waals surface area contributed by atoms with Crippen LogP contribution in [0.4, 0.5) is 0 Å². The zero-order chi connectivity index (χ0) is 21.6. The number of rotatable bonds is 2. The van der Waals surface area contributed by atoms with Crippen molar-refractivity contribution in [1.82, 2.24) is 0 Å². The number of aliphatic carboxylic acids is 1. The van der Waals surface area contributed by atoms with Crippen LogP contribution in [0.2, 0.25) is 0 Å². The lowest BCUT2D eigenvalue weighted by molar-refractivity contribution is -0.134. The summed E-state index contributed by atoms with van der Waals surface area (Å²) in [7, 11) is 0. The summed E-state index contributed by atoms with van der Waals surface area (Å²) in [4.78, 5) is 21.1. The summed E-state index contributed by atoms with van der Waals surface area (Å²) in [6.07, 6.45) is 9.05. The van der Waals surface area contributed by atoms with Gasteiger partial charge in [0.1, 0.15) is 0 Å². The van der Waals surface area contributed by atoms with Gasteiger partial charge < -0.3 is 15.9 Å². The molecule has 0 saturated heterocycles. The molecule has 3 saturated carbocycles. The summed E-state index contributed by atoms with van der Waals surface area (Å²) in [6, 6.07) is 0. The zero-order valence-electron chi connectivity index (χ0n) is 18.5. The molecular weight excluding hydrogens is 366 g/mol. The lowest BCUT2D eigenvalue weighted by Crippen LogP contribution is -2.52. The Bertz CT molecular complexity index is 697. The van der Waals surface area contributed by atoms with Gasteiger partial charge in [-0.3, -0.25) is 9.59 Å². The zero-order valence-corrected chi connectivity index (χ0v) is 18.5. The Kier molecular flexibility index (Phi) is 6.20. The van der Waals surface area contributed by atoms with Crippen LogP contribution in [-0.2, 0) is 9.59 Å². The molecule has 7 atom stereocenters. The number of Topliss-reactive ketones (excluding diaryl/α,β-unsaturated/α-hetero) is 1. The Labute approximate surface area is 175 Å².